The Bertz CT molecular complexity index is 1540. The molecular weight excluding hydrogens is 466 g/mol. The number of nitrogens with zero attached hydrogens (tertiary/aromatic N) is 4. The molecule has 0 spiro atoms. The minimum absolute atomic E-state index is 0.162. The van der Waals surface area contributed by atoms with Crippen LogP contribution in [-0.2, 0) is 6.54 Å². The molecule has 2 aromatic heterocycles. The SMILES string of the molecule is N#Cc1ccc(OCCOc2ccc(-n3cnc4cc(C(=O)NCc5cccnc5)ccc43)cc2)cc1. The van der Waals surface area contributed by atoms with Crippen LogP contribution in [0.2, 0.25) is 0 Å². The molecule has 1 N–H and O–H groups in total. The average Bonchev–Trinajstić information content (AvgIpc) is 3.38. The topological polar surface area (TPSA) is 102 Å². The summed E-state index contributed by atoms with van der Waals surface area (Å²) >= 11 is 0. The molecular formula is C29H23N5O3. The van der Waals surface area contributed by atoms with Gasteiger partial charge in [0.2, 0.25) is 0 Å². The summed E-state index contributed by atoms with van der Waals surface area (Å²) in [6.45, 7) is 1.19. The molecule has 0 atom stereocenters. The molecule has 0 fully saturated rings. The molecule has 0 saturated carbocycles. The number of benzene rings is 3. The number of ether oxygens (including phenoxy) is 2. The van der Waals surface area contributed by atoms with Crippen molar-refractivity contribution in [3.05, 3.63) is 114 Å². The lowest BCUT2D eigenvalue weighted by Gasteiger charge is -2.10. The van der Waals surface area contributed by atoms with Gasteiger partial charge in [0.1, 0.15) is 31.0 Å². The zero-order valence-corrected chi connectivity index (χ0v) is 19.9. The Morgan fingerprint density at radius 3 is 2.35 bits per heavy atom. The van der Waals surface area contributed by atoms with E-state index in [1.54, 1.807) is 55.1 Å². The van der Waals surface area contributed by atoms with E-state index in [0.717, 1.165) is 28.0 Å². The molecule has 182 valence electrons. The first kappa shape index (κ1) is 23.6. The van der Waals surface area contributed by atoms with Crippen molar-refractivity contribution in [2.75, 3.05) is 13.2 Å². The van der Waals surface area contributed by atoms with E-state index in [9.17, 15) is 4.79 Å². The minimum atomic E-state index is -0.162. The van der Waals surface area contributed by atoms with Crippen molar-refractivity contribution in [3.8, 4) is 23.3 Å². The van der Waals surface area contributed by atoms with Crippen molar-refractivity contribution >= 4 is 16.9 Å². The van der Waals surface area contributed by atoms with E-state index in [1.165, 1.54) is 0 Å². The lowest BCUT2D eigenvalue weighted by atomic mass is 10.1. The van der Waals surface area contributed by atoms with Crippen LogP contribution >= 0.6 is 0 Å². The van der Waals surface area contributed by atoms with Crippen molar-refractivity contribution in [2.45, 2.75) is 6.54 Å². The fourth-order valence-electron chi connectivity index (χ4n) is 3.79. The molecule has 3 aromatic carbocycles. The molecule has 0 bridgehead atoms. The minimum Gasteiger partial charge on any atom is -0.490 e. The third-order valence-corrected chi connectivity index (χ3v) is 5.70. The highest BCUT2D eigenvalue weighted by molar-refractivity contribution is 5.97. The Morgan fingerprint density at radius 1 is 0.946 bits per heavy atom. The summed E-state index contributed by atoms with van der Waals surface area (Å²) < 4.78 is 13.4. The number of imidazole rings is 1. The number of hydrogen-bond acceptors (Lipinski definition) is 6. The van der Waals surface area contributed by atoms with Crippen LogP contribution in [0.5, 0.6) is 11.5 Å². The number of aromatic nitrogens is 3. The summed E-state index contributed by atoms with van der Waals surface area (Å²) in [7, 11) is 0. The second kappa shape index (κ2) is 11.1. The lowest BCUT2D eigenvalue weighted by Crippen LogP contribution is -2.22. The monoisotopic (exact) mass is 489 g/mol. The quantitative estimate of drug-likeness (QED) is 0.302. The number of nitrogens with one attached hydrogen (secondary N) is 1. The summed E-state index contributed by atoms with van der Waals surface area (Å²) in [5, 5.41) is 11.8. The molecule has 8 heteroatoms. The van der Waals surface area contributed by atoms with Gasteiger partial charge in [-0.2, -0.15) is 5.26 Å². The molecule has 0 aliphatic carbocycles. The third-order valence-electron chi connectivity index (χ3n) is 5.70. The van der Waals surface area contributed by atoms with Gasteiger partial charge in [-0.25, -0.2) is 4.98 Å². The molecule has 0 radical (unpaired) electrons. The van der Waals surface area contributed by atoms with Crippen molar-refractivity contribution in [1.82, 2.24) is 19.9 Å². The van der Waals surface area contributed by atoms with Gasteiger partial charge in [-0.1, -0.05) is 6.07 Å². The molecule has 0 aliphatic heterocycles. The lowest BCUT2D eigenvalue weighted by molar-refractivity contribution is 0.0951. The highest BCUT2D eigenvalue weighted by Crippen LogP contribution is 2.22. The maximum absolute atomic E-state index is 12.6. The average molecular weight is 490 g/mol. The van der Waals surface area contributed by atoms with Gasteiger partial charge in [0.05, 0.1) is 22.7 Å². The molecule has 5 aromatic rings. The summed E-state index contributed by atoms with van der Waals surface area (Å²) in [5.41, 5.74) is 4.64. The van der Waals surface area contributed by atoms with E-state index in [0.29, 0.717) is 36.6 Å². The van der Waals surface area contributed by atoms with Crippen LogP contribution in [0.25, 0.3) is 16.7 Å². The number of fused-ring (bicyclic) bond motifs is 1. The van der Waals surface area contributed by atoms with E-state index in [-0.39, 0.29) is 5.91 Å². The van der Waals surface area contributed by atoms with Gasteiger partial charge in [-0.3, -0.25) is 14.3 Å². The molecule has 0 aliphatic rings. The number of hydrogen-bond donors (Lipinski definition) is 1. The second-order valence-electron chi connectivity index (χ2n) is 8.19. The number of carbonyl (C=O) groups excluding carboxylic acids is 1. The third kappa shape index (κ3) is 5.74. The normalized spacial score (nSPS) is 10.6. The van der Waals surface area contributed by atoms with Gasteiger partial charge in [-0.15, -0.1) is 0 Å². The maximum atomic E-state index is 12.6. The standard InChI is InChI=1S/C29H23N5O3/c30-17-21-3-8-25(9-4-21)36-14-15-37-26-10-6-24(7-11-26)34-20-33-27-16-23(5-12-28(27)34)29(35)32-19-22-2-1-13-31-18-22/h1-13,16,18,20H,14-15,19H2,(H,32,35). The first-order chi connectivity index (χ1) is 18.2. The highest BCUT2D eigenvalue weighted by Gasteiger charge is 2.10. The summed E-state index contributed by atoms with van der Waals surface area (Å²) in [6.07, 6.45) is 5.17. The number of rotatable bonds is 9. The zero-order chi connectivity index (χ0) is 25.5. The second-order valence-corrected chi connectivity index (χ2v) is 8.19. The van der Waals surface area contributed by atoms with Gasteiger partial charge >= 0.3 is 0 Å². The Morgan fingerprint density at radius 2 is 1.68 bits per heavy atom. The fraction of sp³-hybridized carbons (Fsp3) is 0.103. The number of nitriles is 1. The number of amides is 1. The zero-order valence-electron chi connectivity index (χ0n) is 19.9. The van der Waals surface area contributed by atoms with E-state index < -0.39 is 0 Å². The van der Waals surface area contributed by atoms with E-state index in [4.69, 9.17) is 14.7 Å². The Balaban J connectivity index is 1.17. The van der Waals surface area contributed by atoms with Crippen LogP contribution in [0.4, 0.5) is 0 Å². The largest absolute Gasteiger partial charge is 0.490 e. The maximum Gasteiger partial charge on any atom is 0.251 e. The van der Waals surface area contributed by atoms with Gasteiger partial charge in [-0.05, 0) is 78.4 Å². The van der Waals surface area contributed by atoms with E-state index >= 15 is 0 Å². The van der Waals surface area contributed by atoms with Crippen LogP contribution in [-0.4, -0.2) is 33.7 Å². The molecule has 5 rings (SSSR count). The summed E-state index contributed by atoms with van der Waals surface area (Å²) in [6, 6.07) is 26.0. The molecule has 0 saturated heterocycles. The van der Waals surface area contributed by atoms with Crippen LogP contribution in [0.3, 0.4) is 0 Å². The molecule has 2 heterocycles. The van der Waals surface area contributed by atoms with Gasteiger partial charge in [0.15, 0.2) is 0 Å². The Hall–Kier alpha value is -5.16. The smallest absolute Gasteiger partial charge is 0.251 e. The highest BCUT2D eigenvalue weighted by atomic mass is 16.5. The molecule has 0 unspecified atom stereocenters. The summed E-state index contributed by atoms with van der Waals surface area (Å²) in [5.74, 6) is 1.26. The first-order valence-electron chi connectivity index (χ1n) is 11.7. The van der Waals surface area contributed by atoms with Crippen molar-refractivity contribution in [1.29, 1.82) is 5.26 Å². The van der Waals surface area contributed by atoms with Crippen LogP contribution < -0.4 is 14.8 Å². The number of carbonyl (C=O) groups is 1. The molecule has 1 amide bonds. The van der Waals surface area contributed by atoms with Gasteiger partial charge in [0.25, 0.3) is 5.91 Å². The van der Waals surface area contributed by atoms with Crippen LogP contribution in [0.15, 0.2) is 97.6 Å². The predicted molar refractivity (Wildman–Crippen MR) is 139 cm³/mol. The number of pyridine rings is 1. The van der Waals surface area contributed by atoms with Crippen molar-refractivity contribution in [3.63, 3.8) is 0 Å². The molecule has 8 nitrogen and oxygen atoms in total. The fourth-order valence-corrected chi connectivity index (χ4v) is 3.79. The van der Waals surface area contributed by atoms with Gasteiger partial charge in [0, 0.05) is 30.2 Å². The van der Waals surface area contributed by atoms with Crippen molar-refractivity contribution in [2.24, 2.45) is 0 Å². The van der Waals surface area contributed by atoms with Crippen LogP contribution in [0.1, 0.15) is 21.5 Å². The van der Waals surface area contributed by atoms with E-state index in [1.807, 2.05) is 47.0 Å². The Kier molecular flexibility index (Phi) is 7.04. The summed E-state index contributed by atoms with van der Waals surface area (Å²) in [4.78, 5) is 21.1. The Labute approximate surface area is 213 Å². The van der Waals surface area contributed by atoms with Crippen molar-refractivity contribution < 1.29 is 14.3 Å². The van der Waals surface area contributed by atoms with E-state index in [2.05, 4.69) is 21.4 Å². The van der Waals surface area contributed by atoms with Crippen LogP contribution in [0, 0.1) is 11.3 Å². The molecule has 37 heavy (non-hydrogen) atoms. The predicted octanol–water partition coefficient (Wildman–Crippen LogP) is 4.68. The first-order valence-corrected chi connectivity index (χ1v) is 11.7. The van der Waals surface area contributed by atoms with Gasteiger partial charge < -0.3 is 14.8 Å².